The summed E-state index contributed by atoms with van der Waals surface area (Å²) in [6.45, 7) is 9.72. The summed E-state index contributed by atoms with van der Waals surface area (Å²) in [6, 6.07) is 2.99. The first-order chi connectivity index (χ1) is 9.76. The van der Waals surface area contributed by atoms with Crippen LogP contribution in [0.5, 0.6) is 0 Å². The fourth-order valence-electron chi connectivity index (χ4n) is 3.21. The summed E-state index contributed by atoms with van der Waals surface area (Å²) in [7, 11) is 0. The van der Waals surface area contributed by atoms with Gasteiger partial charge in [0.2, 0.25) is 0 Å². The summed E-state index contributed by atoms with van der Waals surface area (Å²) >= 11 is 0. The Morgan fingerprint density at radius 3 is 2.90 bits per heavy atom. The van der Waals surface area contributed by atoms with Gasteiger partial charge >= 0.3 is 0 Å². The fourth-order valence-corrected chi connectivity index (χ4v) is 3.21. The SMILES string of the molecule is CCCC1CCCCN1c1ncc(CNCC)cc1C. The van der Waals surface area contributed by atoms with Crippen LogP contribution in [-0.2, 0) is 6.54 Å². The number of anilines is 1. The second-order valence-corrected chi connectivity index (χ2v) is 5.90. The van der Waals surface area contributed by atoms with Gasteiger partial charge in [-0.25, -0.2) is 4.98 Å². The molecule has 1 fully saturated rings. The van der Waals surface area contributed by atoms with E-state index in [0.717, 1.165) is 13.1 Å². The van der Waals surface area contributed by atoms with Gasteiger partial charge in [-0.15, -0.1) is 0 Å². The van der Waals surface area contributed by atoms with Crippen molar-refractivity contribution in [2.75, 3.05) is 18.0 Å². The molecule has 0 spiro atoms. The van der Waals surface area contributed by atoms with Gasteiger partial charge in [0.05, 0.1) is 0 Å². The van der Waals surface area contributed by atoms with Crippen molar-refractivity contribution in [1.29, 1.82) is 0 Å². The van der Waals surface area contributed by atoms with Crippen LogP contribution >= 0.6 is 0 Å². The largest absolute Gasteiger partial charge is 0.353 e. The lowest BCUT2D eigenvalue weighted by Gasteiger charge is -2.37. The minimum atomic E-state index is 0.694. The molecule has 1 saturated heterocycles. The van der Waals surface area contributed by atoms with Gasteiger partial charge in [-0.1, -0.05) is 20.3 Å². The van der Waals surface area contributed by atoms with E-state index in [1.165, 1.54) is 55.6 Å². The molecule has 1 unspecified atom stereocenters. The highest BCUT2D eigenvalue weighted by Crippen LogP contribution is 2.28. The summed E-state index contributed by atoms with van der Waals surface area (Å²) in [5.74, 6) is 1.21. The Bertz CT molecular complexity index is 415. The molecule has 1 aromatic heterocycles. The number of rotatable bonds is 6. The Labute approximate surface area is 123 Å². The average Bonchev–Trinajstić information content (AvgIpc) is 2.46. The zero-order valence-corrected chi connectivity index (χ0v) is 13.3. The molecular formula is C17H29N3. The molecule has 2 rings (SSSR count). The van der Waals surface area contributed by atoms with Crippen LogP contribution in [0.4, 0.5) is 5.82 Å². The molecule has 0 radical (unpaired) electrons. The maximum atomic E-state index is 4.77. The number of nitrogens with one attached hydrogen (secondary N) is 1. The van der Waals surface area contributed by atoms with Crippen LogP contribution in [-0.4, -0.2) is 24.1 Å². The first-order valence-corrected chi connectivity index (χ1v) is 8.19. The van der Waals surface area contributed by atoms with Gasteiger partial charge in [0.25, 0.3) is 0 Å². The average molecular weight is 275 g/mol. The number of piperidine rings is 1. The summed E-state index contributed by atoms with van der Waals surface area (Å²) < 4.78 is 0. The van der Waals surface area contributed by atoms with Gasteiger partial charge in [0, 0.05) is 25.3 Å². The summed E-state index contributed by atoms with van der Waals surface area (Å²) in [6.07, 6.45) is 8.61. The standard InChI is InChI=1S/C17H29N3/c1-4-8-16-9-6-7-10-20(16)17-14(3)11-15(13-19-17)12-18-5-2/h11,13,16,18H,4-10,12H2,1-3H3. The van der Waals surface area contributed by atoms with Crippen LogP contribution in [0.25, 0.3) is 0 Å². The van der Waals surface area contributed by atoms with E-state index >= 15 is 0 Å². The van der Waals surface area contributed by atoms with Crippen molar-refractivity contribution in [3.8, 4) is 0 Å². The van der Waals surface area contributed by atoms with E-state index in [9.17, 15) is 0 Å². The van der Waals surface area contributed by atoms with Crippen LogP contribution in [0.2, 0.25) is 0 Å². The smallest absolute Gasteiger partial charge is 0.131 e. The molecule has 1 atom stereocenters. The van der Waals surface area contributed by atoms with Crippen molar-refractivity contribution in [3.63, 3.8) is 0 Å². The molecule has 0 aliphatic carbocycles. The lowest BCUT2D eigenvalue weighted by molar-refractivity contribution is 0.431. The molecule has 3 nitrogen and oxygen atoms in total. The Kier molecular flexibility index (Phi) is 5.84. The minimum Gasteiger partial charge on any atom is -0.353 e. The van der Waals surface area contributed by atoms with Crippen molar-refractivity contribution in [3.05, 3.63) is 23.4 Å². The van der Waals surface area contributed by atoms with Crippen molar-refractivity contribution in [1.82, 2.24) is 10.3 Å². The first kappa shape index (κ1) is 15.3. The van der Waals surface area contributed by atoms with E-state index in [1.807, 2.05) is 6.20 Å². The van der Waals surface area contributed by atoms with Crippen LogP contribution < -0.4 is 10.2 Å². The highest BCUT2D eigenvalue weighted by molar-refractivity contribution is 5.48. The van der Waals surface area contributed by atoms with Crippen LogP contribution in [0, 0.1) is 6.92 Å². The van der Waals surface area contributed by atoms with Crippen LogP contribution in [0.15, 0.2) is 12.3 Å². The van der Waals surface area contributed by atoms with E-state index in [2.05, 4.69) is 37.1 Å². The number of aromatic nitrogens is 1. The molecule has 2 heterocycles. The molecule has 0 saturated carbocycles. The summed E-state index contributed by atoms with van der Waals surface area (Å²) in [5, 5.41) is 3.37. The highest BCUT2D eigenvalue weighted by Gasteiger charge is 2.23. The number of hydrogen-bond donors (Lipinski definition) is 1. The summed E-state index contributed by atoms with van der Waals surface area (Å²) in [4.78, 5) is 7.33. The zero-order chi connectivity index (χ0) is 14.4. The molecule has 1 aliphatic rings. The zero-order valence-electron chi connectivity index (χ0n) is 13.3. The monoisotopic (exact) mass is 275 g/mol. The third-order valence-corrected chi connectivity index (χ3v) is 4.21. The minimum absolute atomic E-state index is 0.694. The van der Waals surface area contributed by atoms with Gasteiger partial charge in [0.1, 0.15) is 5.82 Å². The molecule has 1 aromatic rings. The highest BCUT2D eigenvalue weighted by atomic mass is 15.2. The Hall–Kier alpha value is -1.09. The Morgan fingerprint density at radius 1 is 1.35 bits per heavy atom. The molecule has 112 valence electrons. The predicted octanol–water partition coefficient (Wildman–Crippen LogP) is 3.66. The van der Waals surface area contributed by atoms with E-state index < -0.39 is 0 Å². The van der Waals surface area contributed by atoms with E-state index in [-0.39, 0.29) is 0 Å². The van der Waals surface area contributed by atoms with E-state index in [4.69, 9.17) is 4.98 Å². The predicted molar refractivity (Wildman–Crippen MR) is 86.2 cm³/mol. The van der Waals surface area contributed by atoms with Crippen molar-refractivity contribution >= 4 is 5.82 Å². The number of hydrogen-bond acceptors (Lipinski definition) is 3. The molecule has 3 heteroatoms. The third-order valence-electron chi connectivity index (χ3n) is 4.21. The topological polar surface area (TPSA) is 28.2 Å². The third kappa shape index (κ3) is 3.72. The molecule has 20 heavy (non-hydrogen) atoms. The van der Waals surface area contributed by atoms with Gasteiger partial charge in [-0.2, -0.15) is 0 Å². The Morgan fingerprint density at radius 2 is 2.20 bits per heavy atom. The molecule has 0 aromatic carbocycles. The second kappa shape index (κ2) is 7.63. The van der Waals surface area contributed by atoms with Crippen LogP contribution in [0.3, 0.4) is 0 Å². The normalized spacial score (nSPS) is 19.4. The maximum Gasteiger partial charge on any atom is 0.131 e. The van der Waals surface area contributed by atoms with Crippen molar-refractivity contribution < 1.29 is 0 Å². The Balaban J connectivity index is 2.13. The maximum absolute atomic E-state index is 4.77. The van der Waals surface area contributed by atoms with Crippen molar-refractivity contribution in [2.24, 2.45) is 0 Å². The molecule has 1 N–H and O–H groups in total. The first-order valence-electron chi connectivity index (χ1n) is 8.19. The van der Waals surface area contributed by atoms with Crippen molar-refractivity contribution in [2.45, 2.75) is 65.5 Å². The fraction of sp³-hybridized carbons (Fsp3) is 0.706. The van der Waals surface area contributed by atoms with Gasteiger partial charge in [-0.05, 0) is 56.3 Å². The number of pyridine rings is 1. The van der Waals surface area contributed by atoms with Gasteiger partial charge in [0.15, 0.2) is 0 Å². The van der Waals surface area contributed by atoms with E-state index in [0.29, 0.717) is 6.04 Å². The molecule has 0 amide bonds. The quantitative estimate of drug-likeness (QED) is 0.859. The lowest BCUT2D eigenvalue weighted by atomic mass is 9.97. The van der Waals surface area contributed by atoms with Gasteiger partial charge < -0.3 is 10.2 Å². The molecular weight excluding hydrogens is 246 g/mol. The number of nitrogens with zero attached hydrogens (tertiary/aromatic N) is 2. The molecule has 1 aliphatic heterocycles. The number of aryl methyl sites for hydroxylation is 1. The van der Waals surface area contributed by atoms with E-state index in [1.54, 1.807) is 0 Å². The second-order valence-electron chi connectivity index (χ2n) is 5.90. The van der Waals surface area contributed by atoms with Gasteiger partial charge in [-0.3, -0.25) is 0 Å². The lowest BCUT2D eigenvalue weighted by Crippen LogP contribution is -2.40. The molecule has 0 bridgehead atoms. The summed E-state index contributed by atoms with van der Waals surface area (Å²) in [5.41, 5.74) is 2.61. The van der Waals surface area contributed by atoms with Crippen LogP contribution in [0.1, 0.15) is 57.1 Å².